The molecule has 0 fully saturated rings. The van der Waals surface area contributed by atoms with Gasteiger partial charge in [0, 0.05) is 12.1 Å². The summed E-state index contributed by atoms with van der Waals surface area (Å²) in [6.45, 7) is 1.88. The van der Waals surface area contributed by atoms with Crippen molar-refractivity contribution >= 4 is 28.6 Å². The van der Waals surface area contributed by atoms with Crippen LogP contribution in [0.4, 0.5) is 11.4 Å². The predicted octanol–water partition coefficient (Wildman–Crippen LogP) is 2.60. The lowest BCUT2D eigenvalue weighted by atomic mass is 10.1. The van der Waals surface area contributed by atoms with Gasteiger partial charge in [0.25, 0.3) is 11.6 Å². The van der Waals surface area contributed by atoms with Gasteiger partial charge in [-0.1, -0.05) is 6.07 Å². The largest absolute Gasteiger partial charge is 0.393 e. The molecule has 0 aliphatic rings. The number of nitrogen functional groups attached to an aromatic ring is 1. The van der Waals surface area contributed by atoms with Crippen molar-refractivity contribution in [3.8, 4) is 0 Å². The second kappa shape index (κ2) is 6.36. The minimum atomic E-state index is -0.596. The number of nitro groups is 1. The molecule has 2 aromatic rings. The fraction of sp³-hybridized carbons (Fsp3) is 0.214. The first-order valence-corrected chi connectivity index (χ1v) is 7.28. The van der Waals surface area contributed by atoms with Crippen molar-refractivity contribution in [1.29, 1.82) is 0 Å². The number of amides is 1. The van der Waals surface area contributed by atoms with Crippen molar-refractivity contribution in [3.05, 3.63) is 56.3 Å². The third-order valence-corrected chi connectivity index (χ3v) is 3.76. The third kappa shape index (κ3) is 3.57. The highest BCUT2D eigenvalue weighted by molar-refractivity contribution is 7.07. The standard InChI is InChI=1S/C14H15N3O3S/c1-9(7-10-5-6-21-8-10)16-14(18)11-3-2-4-12(13(11)15)17(19)20/h2-6,8-9H,7,15H2,1H3,(H,16,18). The third-order valence-electron chi connectivity index (χ3n) is 3.02. The van der Waals surface area contributed by atoms with Crippen LogP contribution in [0.5, 0.6) is 0 Å². The van der Waals surface area contributed by atoms with Crippen LogP contribution in [0.2, 0.25) is 0 Å². The molecule has 0 saturated carbocycles. The molecule has 0 saturated heterocycles. The molecule has 1 unspecified atom stereocenters. The van der Waals surface area contributed by atoms with E-state index in [1.54, 1.807) is 11.3 Å². The zero-order chi connectivity index (χ0) is 15.4. The van der Waals surface area contributed by atoms with Crippen molar-refractivity contribution in [3.63, 3.8) is 0 Å². The average molecular weight is 305 g/mol. The fourth-order valence-electron chi connectivity index (χ4n) is 2.03. The number of rotatable bonds is 5. The van der Waals surface area contributed by atoms with Gasteiger partial charge in [0.2, 0.25) is 0 Å². The lowest BCUT2D eigenvalue weighted by Crippen LogP contribution is -2.34. The first-order valence-electron chi connectivity index (χ1n) is 6.34. The van der Waals surface area contributed by atoms with Gasteiger partial charge in [0.1, 0.15) is 5.69 Å². The summed E-state index contributed by atoms with van der Waals surface area (Å²) >= 11 is 1.60. The van der Waals surface area contributed by atoms with E-state index < -0.39 is 10.8 Å². The summed E-state index contributed by atoms with van der Waals surface area (Å²) in [5, 5.41) is 17.6. The van der Waals surface area contributed by atoms with Crippen molar-refractivity contribution in [2.75, 3.05) is 5.73 Å². The minimum Gasteiger partial charge on any atom is -0.393 e. The molecule has 1 aromatic heterocycles. The van der Waals surface area contributed by atoms with E-state index in [0.717, 1.165) is 5.56 Å². The maximum Gasteiger partial charge on any atom is 0.292 e. The monoisotopic (exact) mass is 305 g/mol. The molecular weight excluding hydrogens is 290 g/mol. The molecule has 7 heteroatoms. The summed E-state index contributed by atoms with van der Waals surface area (Å²) in [5.41, 5.74) is 6.60. The van der Waals surface area contributed by atoms with Crippen molar-refractivity contribution in [2.45, 2.75) is 19.4 Å². The van der Waals surface area contributed by atoms with Gasteiger partial charge in [-0.3, -0.25) is 14.9 Å². The molecule has 1 aromatic carbocycles. The van der Waals surface area contributed by atoms with Crippen molar-refractivity contribution in [2.24, 2.45) is 0 Å². The number of para-hydroxylation sites is 1. The summed E-state index contributed by atoms with van der Waals surface area (Å²) in [4.78, 5) is 22.4. The lowest BCUT2D eigenvalue weighted by Gasteiger charge is -2.14. The van der Waals surface area contributed by atoms with Gasteiger partial charge in [0.15, 0.2) is 0 Å². The maximum absolute atomic E-state index is 12.2. The quantitative estimate of drug-likeness (QED) is 0.504. The van der Waals surface area contributed by atoms with Crippen LogP contribution in [0, 0.1) is 10.1 Å². The Labute approximate surface area is 125 Å². The number of thiophene rings is 1. The average Bonchev–Trinajstić information content (AvgIpc) is 2.91. The number of nitrogens with two attached hydrogens (primary N) is 1. The molecule has 3 N–H and O–H groups in total. The number of nitro benzene ring substituents is 1. The Bertz CT molecular complexity index is 655. The molecular formula is C14H15N3O3S. The van der Waals surface area contributed by atoms with Gasteiger partial charge >= 0.3 is 0 Å². The summed E-state index contributed by atoms with van der Waals surface area (Å²) in [6.07, 6.45) is 0.698. The molecule has 110 valence electrons. The highest BCUT2D eigenvalue weighted by Crippen LogP contribution is 2.24. The first-order chi connectivity index (χ1) is 9.99. The van der Waals surface area contributed by atoms with Crippen molar-refractivity contribution in [1.82, 2.24) is 5.32 Å². The molecule has 0 bridgehead atoms. The van der Waals surface area contributed by atoms with Gasteiger partial charge < -0.3 is 11.1 Å². The highest BCUT2D eigenvalue weighted by atomic mass is 32.1. The Morgan fingerprint density at radius 3 is 2.86 bits per heavy atom. The van der Waals surface area contributed by atoms with Crippen LogP contribution in [0.1, 0.15) is 22.8 Å². The second-order valence-electron chi connectivity index (χ2n) is 4.71. The zero-order valence-corrected chi connectivity index (χ0v) is 12.2. The molecule has 0 aliphatic heterocycles. The van der Waals surface area contributed by atoms with Crippen LogP contribution in [0.3, 0.4) is 0 Å². The highest BCUT2D eigenvalue weighted by Gasteiger charge is 2.20. The summed E-state index contributed by atoms with van der Waals surface area (Å²) in [6, 6.07) is 6.11. The fourth-order valence-corrected chi connectivity index (χ4v) is 2.71. The topological polar surface area (TPSA) is 98.3 Å². The van der Waals surface area contributed by atoms with E-state index in [-0.39, 0.29) is 23.0 Å². The number of carbonyl (C=O) groups is 1. The van der Waals surface area contributed by atoms with E-state index in [1.165, 1.54) is 18.2 Å². The van der Waals surface area contributed by atoms with Gasteiger partial charge in [-0.2, -0.15) is 11.3 Å². The summed E-state index contributed by atoms with van der Waals surface area (Å²) in [7, 11) is 0. The van der Waals surface area contributed by atoms with Crippen LogP contribution in [0.25, 0.3) is 0 Å². The number of carbonyl (C=O) groups excluding carboxylic acids is 1. The Kier molecular flexibility index (Phi) is 4.54. The predicted molar refractivity (Wildman–Crippen MR) is 82.5 cm³/mol. The Morgan fingerprint density at radius 2 is 2.24 bits per heavy atom. The van der Waals surface area contributed by atoms with Crippen LogP contribution >= 0.6 is 11.3 Å². The number of anilines is 1. The van der Waals surface area contributed by atoms with E-state index in [0.29, 0.717) is 6.42 Å². The molecule has 0 aliphatic carbocycles. The molecule has 1 atom stereocenters. The van der Waals surface area contributed by atoms with Crippen LogP contribution in [-0.2, 0) is 6.42 Å². The molecule has 21 heavy (non-hydrogen) atoms. The molecule has 1 amide bonds. The first kappa shape index (κ1) is 15.0. The molecule has 6 nitrogen and oxygen atoms in total. The van der Waals surface area contributed by atoms with Gasteiger partial charge in [-0.05, 0) is 41.8 Å². The van der Waals surface area contributed by atoms with Gasteiger partial charge in [0.05, 0.1) is 10.5 Å². The number of nitrogens with one attached hydrogen (secondary N) is 1. The normalized spacial score (nSPS) is 11.9. The summed E-state index contributed by atoms with van der Waals surface area (Å²) < 4.78 is 0. The SMILES string of the molecule is CC(Cc1ccsc1)NC(=O)c1cccc([N+](=O)[O-])c1N. The zero-order valence-electron chi connectivity index (χ0n) is 11.4. The molecule has 2 rings (SSSR count). The lowest BCUT2D eigenvalue weighted by molar-refractivity contribution is -0.383. The van der Waals surface area contributed by atoms with Crippen LogP contribution in [-0.4, -0.2) is 16.9 Å². The Hall–Kier alpha value is -2.41. The van der Waals surface area contributed by atoms with Crippen LogP contribution < -0.4 is 11.1 Å². The second-order valence-corrected chi connectivity index (χ2v) is 5.49. The minimum absolute atomic E-state index is 0.0919. The number of hydrogen-bond acceptors (Lipinski definition) is 5. The summed E-state index contributed by atoms with van der Waals surface area (Å²) in [5.74, 6) is -0.404. The van der Waals surface area contributed by atoms with E-state index >= 15 is 0 Å². The molecule has 1 heterocycles. The molecule has 0 radical (unpaired) electrons. The maximum atomic E-state index is 12.2. The number of hydrogen-bond donors (Lipinski definition) is 2. The van der Waals surface area contributed by atoms with E-state index in [9.17, 15) is 14.9 Å². The number of nitrogens with zero attached hydrogens (tertiary/aromatic N) is 1. The van der Waals surface area contributed by atoms with E-state index in [1.807, 2.05) is 23.8 Å². The van der Waals surface area contributed by atoms with Crippen LogP contribution in [0.15, 0.2) is 35.0 Å². The van der Waals surface area contributed by atoms with E-state index in [2.05, 4.69) is 5.32 Å². The van der Waals surface area contributed by atoms with Gasteiger partial charge in [-0.15, -0.1) is 0 Å². The van der Waals surface area contributed by atoms with E-state index in [4.69, 9.17) is 5.73 Å². The smallest absolute Gasteiger partial charge is 0.292 e. The Morgan fingerprint density at radius 1 is 1.48 bits per heavy atom. The van der Waals surface area contributed by atoms with Crippen molar-refractivity contribution < 1.29 is 9.72 Å². The number of benzene rings is 1. The Balaban J connectivity index is 2.10. The molecule has 0 spiro atoms. The van der Waals surface area contributed by atoms with Gasteiger partial charge in [-0.25, -0.2) is 0 Å².